The van der Waals surface area contributed by atoms with E-state index < -0.39 is 11.5 Å². The number of rotatable bonds is 5. The minimum absolute atomic E-state index is 0.120. The smallest absolute Gasteiger partial charge is 0.291 e. The minimum atomic E-state index is -0.573. The number of nitrogens with zero attached hydrogens (tertiary/aromatic N) is 2. The lowest BCUT2D eigenvalue weighted by Crippen LogP contribution is -2.16. The van der Waals surface area contributed by atoms with Crippen LogP contribution in [0.2, 0.25) is 5.02 Å². The van der Waals surface area contributed by atoms with E-state index >= 15 is 0 Å². The summed E-state index contributed by atoms with van der Waals surface area (Å²) in [6.07, 6.45) is 0. The Labute approximate surface area is 203 Å². The predicted octanol–water partition coefficient (Wildman–Crippen LogP) is 5.70. The minimum Gasteiger partial charge on any atom is -0.451 e. The van der Waals surface area contributed by atoms with Crippen LogP contribution in [0, 0.1) is 11.3 Å². The number of H-pyrrole nitrogens is 1. The van der Waals surface area contributed by atoms with Crippen molar-refractivity contribution in [1.82, 2.24) is 9.97 Å². The summed E-state index contributed by atoms with van der Waals surface area (Å²) in [5, 5.41) is 16.7. The van der Waals surface area contributed by atoms with Crippen molar-refractivity contribution >= 4 is 45.8 Å². The number of fused-ring (bicyclic) bond motifs is 1. The standard InChI is InChI=1S/C26H16ClN5O3/c27-17-7-11-19(12-8-17)30-26-31-23(20(14-28)24(33)32-26)15-5-9-18(10-6-15)29-25(34)22-13-16-3-1-2-4-21(16)35-22/h1-13H,(H,29,34)(H2,30,31,32,33). The van der Waals surface area contributed by atoms with Gasteiger partial charge in [-0.25, -0.2) is 4.98 Å². The molecule has 2 aromatic heterocycles. The molecule has 0 aliphatic rings. The highest BCUT2D eigenvalue weighted by Crippen LogP contribution is 2.25. The van der Waals surface area contributed by atoms with Crippen LogP contribution in [0.25, 0.3) is 22.2 Å². The maximum absolute atomic E-state index is 12.6. The van der Waals surface area contributed by atoms with Crippen LogP contribution in [0.3, 0.4) is 0 Å². The van der Waals surface area contributed by atoms with Gasteiger partial charge in [0.2, 0.25) is 5.95 Å². The summed E-state index contributed by atoms with van der Waals surface area (Å²) in [4.78, 5) is 32.1. The third-order valence-electron chi connectivity index (χ3n) is 5.20. The second-order valence-corrected chi connectivity index (χ2v) is 8.00. The number of nitriles is 1. The van der Waals surface area contributed by atoms with Gasteiger partial charge in [0.05, 0.1) is 5.69 Å². The molecule has 3 aromatic carbocycles. The second-order valence-electron chi connectivity index (χ2n) is 7.56. The quantitative estimate of drug-likeness (QED) is 0.295. The number of aromatic nitrogens is 2. The summed E-state index contributed by atoms with van der Waals surface area (Å²) in [7, 11) is 0. The van der Waals surface area contributed by atoms with E-state index in [2.05, 4.69) is 20.6 Å². The molecule has 0 atom stereocenters. The lowest BCUT2D eigenvalue weighted by atomic mass is 10.1. The number of hydrogen-bond acceptors (Lipinski definition) is 6. The molecular weight excluding hydrogens is 466 g/mol. The molecule has 0 saturated heterocycles. The molecule has 170 valence electrons. The van der Waals surface area contributed by atoms with Crippen LogP contribution in [-0.4, -0.2) is 15.9 Å². The largest absolute Gasteiger partial charge is 0.451 e. The molecule has 0 spiro atoms. The number of halogens is 1. The molecule has 8 nitrogen and oxygen atoms in total. The number of aromatic amines is 1. The summed E-state index contributed by atoms with van der Waals surface area (Å²) in [6, 6.07) is 24.5. The Balaban J connectivity index is 1.40. The molecule has 2 heterocycles. The molecule has 0 aliphatic carbocycles. The van der Waals surface area contributed by atoms with Crippen LogP contribution in [0.4, 0.5) is 17.3 Å². The maximum atomic E-state index is 12.6. The van der Waals surface area contributed by atoms with Gasteiger partial charge in [0, 0.05) is 27.3 Å². The van der Waals surface area contributed by atoms with Gasteiger partial charge < -0.3 is 15.1 Å². The van der Waals surface area contributed by atoms with E-state index in [1.165, 1.54) is 0 Å². The van der Waals surface area contributed by atoms with Crippen LogP contribution in [0.1, 0.15) is 16.1 Å². The number of amides is 1. The van der Waals surface area contributed by atoms with E-state index in [0.717, 1.165) is 5.39 Å². The van der Waals surface area contributed by atoms with Gasteiger partial charge in [0.25, 0.3) is 11.5 Å². The molecule has 0 aliphatic heterocycles. The zero-order valence-electron chi connectivity index (χ0n) is 18.0. The van der Waals surface area contributed by atoms with Crippen molar-refractivity contribution in [1.29, 1.82) is 5.26 Å². The molecule has 0 unspecified atom stereocenters. The highest BCUT2D eigenvalue weighted by atomic mass is 35.5. The molecule has 9 heteroatoms. The van der Waals surface area contributed by atoms with Crippen molar-refractivity contribution in [3.63, 3.8) is 0 Å². The van der Waals surface area contributed by atoms with Gasteiger partial charge in [-0.2, -0.15) is 5.26 Å². The topological polar surface area (TPSA) is 124 Å². The summed E-state index contributed by atoms with van der Waals surface area (Å²) in [6.45, 7) is 0. The molecule has 3 N–H and O–H groups in total. The van der Waals surface area contributed by atoms with Gasteiger partial charge in [0.1, 0.15) is 17.2 Å². The first-order chi connectivity index (χ1) is 17.0. The van der Waals surface area contributed by atoms with Gasteiger partial charge in [-0.05, 0) is 48.5 Å². The Morgan fingerprint density at radius 3 is 2.43 bits per heavy atom. The Morgan fingerprint density at radius 2 is 1.71 bits per heavy atom. The summed E-state index contributed by atoms with van der Waals surface area (Å²) in [5.41, 5.74) is 1.86. The number of anilines is 3. The van der Waals surface area contributed by atoms with Crippen LogP contribution < -0.4 is 16.2 Å². The fourth-order valence-corrected chi connectivity index (χ4v) is 3.64. The highest BCUT2D eigenvalue weighted by molar-refractivity contribution is 6.30. The third kappa shape index (κ3) is 4.62. The lowest BCUT2D eigenvalue weighted by Gasteiger charge is -2.10. The SMILES string of the molecule is N#Cc1c(-c2ccc(NC(=O)c3cc4ccccc4o3)cc2)nc(Nc2ccc(Cl)cc2)[nH]c1=O. The molecule has 35 heavy (non-hydrogen) atoms. The number of hydrogen-bond donors (Lipinski definition) is 3. The fourth-order valence-electron chi connectivity index (χ4n) is 3.51. The summed E-state index contributed by atoms with van der Waals surface area (Å²) >= 11 is 5.91. The number of carbonyl (C=O) groups is 1. The Kier molecular flexibility index (Phi) is 5.75. The van der Waals surface area contributed by atoms with E-state index in [4.69, 9.17) is 16.0 Å². The van der Waals surface area contributed by atoms with Crippen molar-refractivity contribution in [3.05, 3.63) is 106 Å². The molecule has 0 fully saturated rings. The van der Waals surface area contributed by atoms with Crippen molar-refractivity contribution in [3.8, 4) is 17.3 Å². The van der Waals surface area contributed by atoms with Crippen molar-refractivity contribution < 1.29 is 9.21 Å². The molecule has 0 radical (unpaired) electrons. The number of furan rings is 1. The van der Waals surface area contributed by atoms with Gasteiger partial charge in [-0.3, -0.25) is 14.6 Å². The lowest BCUT2D eigenvalue weighted by molar-refractivity contribution is 0.0998. The molecule has 0 saturated carbocycles. The molecule has 5 aromatic rings. The van der Waals surface area contributed by atoms with E-state index in [1.807, 2.05) is 24.3 Å². The van der Waals surface area contributed by atoms with E-state index in [-0.39, 0.29) is 23.0 Å². The predicted molar refractivity (Wildman–Crippen MR) is 134 cm³/mol. The van der Waals surface area contributed by atoms with Gasteiger partial charge in [-0.1, -0.05) is 41.9 Å². The van der Waals surface area contributed by atoms with Crippen molar-refractivity contribution in [2.45, 2.75) is 0 Å². The van der Waals surface area contributed by atoms with Crippen molar-refractivity contribution in [2.24, 2.45) is 0 Å². The molecule has 0 bridgehead atoms. The maximum Gasteiger partial charge on any atom is 0.291 e. The zero-order chi connectivity index (χ0) is 24.4. The van der Waals surface area contributed by atoms with Gasteiger partial charge in [-0.15, -0.1) is 0 Å². The van der Waals surface area contributed by atoms with E-state index in [1.54, 1.807) is 60.7 Å². The summed E-state index contributed by atoms with van der Waals surface area (Å²) < 4.78 is 5.60. The van der Waals surface area contributed by atoms with Crippen molar-refractivity contribution in [2.75, 3.05) is 10.6 Å². The second kappa shape index (κ2) is 9.17. The average Bonchev–Trinajstić information content (AvgIpc) is 3.30. The van der Waals surface area contributed by atoms with E-state index in [9.17, 15) is 14.9 Å². The highest BCUT2D eigenvalue weighted by Gasteiger charge is 2.15. The van der Waals surface area contributed by atoms with E-state index in [0.29, 0.717) is 27.5 Å². The third-order valence-corrected chi connectivity index (χ3v) is 5.46. The molecule has 1 amide bonds. The first-order valence-electron chi connectivity index (χ1n) is 10.5. The van der Waals surface area contributed by atoms with Gasteiger partial charge in [0.15, 0.2) is 5.76 Å². The summed E-state index contributed by atoms with van der Waals surface area (Å²) in [5.74, 6) is -0.0276. The average molecular weight is 482 g/mol. The Bertz CT molecular complexity index is 1620. The van der Waals surface area contributed by atoms with Gasteiger partial charge >= 0.3 is 0 Å². The fraction of sp³-hybridized carbons (Fsp3) is 0. The van der Waals surface area contributed by atoms with Crippen LogP contribution in [0.5, 0.6) is 0 Å². The van der Waals surface area contributed by atoms with Crippen LogP contribution >= 0.6 is 11.6 Å². The number of carbonyl (C=O) groups excluding carboxylic acids is 1. The first-order valence-corrected chi connectivity index (χ1v) is 10.9. The molecular formula is C26H16ClN5O3. The molecule has 5 rings (SSSR count). The Morgan fingerprint density at radius 1 is 1.00 bits per heavy atom. The number of benzene rings is 3. The zero-order valence-corrected chi connectivity index (χ0v) is 18.8. The number of para-hydroxylation sites is 1. The monoisotopic (exact) mass is 481 g/mol. The van der Waals surface area contributed by atoms with Crippen LogP contribution in [0.15, 0.2) is 88.1 Å². The Hall–Kier alpha value is -4.87. The van der Waals surface area contributed by atoms with Crippen LogP contribution in [-0.2, 0) is 0 Å². The normalized spacial score (nSPS) is 10.6. The first kappa shape index (κ1) is 21.9. The number of nitrogens with one attached hydrogen (secondary N) is 3.